The van der Waals surface area contributed by atoms with E-state index in [1.165, 1.54) is 0 Å². The van der Waals surface area contributed by atoms with Gasteiger partial charge in [-0.25, -0.2) is 0 Å². The van der Waals surface area contributed by atoms with Gasteiger partial charge >= 0.3 is 0 Å². The fourth-order valence-corrected chi connectivity index (χ4v) is 2.57. The zero-order chi connectivity index (χ0) is 15.1. The average Bonchev–Trinajstić information content (AvgIpc) is 2.41. The van der Waals surface area contributed by atoms with Crippen molar-refractivity contribution in [2.24, 2.45) is 0 Å². The summed E-state index contributed by atoms with van der Waals surface area (Å²) in [6.07, 6.45) is 0. The van der Waals surface area contributed by atoms with E-state index in [4.69, 9.17) is 11.5 Å². The van der Waals surface area contributed by atoms with Crippen LogP contribution in [-0.4, -0.2) is 5.11 Å². The van der Waals surface area contributed by atoms with Crippen molar-refractivity contribution in [1.82, 2.24) is 0 Å². The fourth-order valence-electron chi connectivity index (χ4n) is 2.57. The maximum atomic E-state index is 11.0. The molecule has 0 saturated heterocycles. The Morgan fingerprint density at radius 2 is 1.50 bits per heavy atom. The lowest BCUT2D eigenvalue weighted by Gasteiger charge is -2.28. The summed E-state index contributed by atoms with van der Waals surface area (Å²) in [7, 11) is 0. The SMILES string of the molecule is Cc1cc(C(C)(O)c2ccc(N)cc2)c(C)c(C)c1N. The lowest BCUT2D eigenvalue weighted by Crippen LogP contribution is -2.25. The molecule has 0 heterocycles. The third-order valence-electron chi connectivity index (χ3n) is 4.15. The first-order chi connectivity index (χ1) is 9.25. The largest absolute Gasteiger partial charge is 0.399 e. The number of hydrogen-bond donors (Lipinski definition) is 3. The predicted octanol–water partition coefficient (Wildman–Crippen LogP) is 3.03. The second-order valence-corrected chi connectivity index (χ2v) is 5.60. The smallest absolute Gasteiger partial charge is 0.112 e. The monoisotopic (exact) mass is 270 g/mol. The second kappa shape index (κ2) is 4.84. The summed E-state index contributed by atoms with van der Waals surface area (Å²) >= 11 is 0. The number of benzene rings is 2. The molecule has 1 unspecified atom stereocenters. The van der Waals surface area contributed by atoms with Gasteiger partial charge in [-0.05, 0) is 67.6 Å². The average molecular weight is 270 g/mol. The Labute approximate surface area is 120 Å². The number of hydrogen-bond acceptors (Lipinski definition) is 3. The number of nitrogens with two attached hydrogens (primary N) is 2. The molecule has 5 N–H and O–H groups in total. The topological polar surface area (TPSA) is 72.3 Å². The van der Waals surface area contributed by atoms with Gasteiger partial charge in [-0.1, -0.05) is 18.2 Å². The molecule has 2 aromatic rings. The molecule has 0 spiro atoms. The van der Waals surface area contributed by atoms with Gasteiger partial charge in [0.05, 0.1) is 0 Å². The van der Waals surface area contributed by atoms with E-state index in [0.717, 1.165) is 33.5 Å². The first-order valence-corrected chi connectivity index (χ1v) is 6.70. The Morgan fingerprint density at radius 3 is 2.05 bits per heavy atom. The van der Waals surface area contributed by atoms with Crippen LogP contribution in [0.5, 0.6) is 0 Å². The van der Waals surface area contributed by atoms with E-state index in [1.54, 1.807) is 19.1 Å². The van der Waals surface area contributed by atoms with Gasteiger partial charge < -0.3 is 16.6 Å². The van der Waals surface area contributed by atoms with Crippen LogP contribution in [0.3, 0.4) is 0 Å². The lowest BCUT2D eigenvalue weighted by atomic mass is 9.82. The summed E-state index contributed by atoms with van der Waals surface area (Å²) < 4.78 is 0. The van der Waals surface area contributed by atoms with Crippen molar-refractivity contribution >= 4 is 11.4 Å². The summed E-state index contributed by atoms with van der Waals surface area (Å²) in [4.78, 5) is 0. The van der Waals surface area contributed by atoms with E-state index < -0.39 is 5.60 Å². The van der Waals surface area contributed by atoms with Crippen molar-refractivity contribution in [3.05, 3.63) is 58.1 Å². The summed E-state index contributed by atoms with van der Waals surface area (Å²) in [5.74, 6) is 0. The maximum absolute atomic E-state index is 11.0. The van der Waals surface area contributed by atoms with E-state index in [2.05, 4.69) is 0 Å². The molecule has 0 saturated carbocycles. The third kappa shape index (κ3) is 2.25. The molecule has 0 aromatic heterocycles. The zero-order valence-electron chi connectivity index (χ0n) is 12.5. The normalized spacial score (nSPS) is 14.1. The fraction of sp³-hybridized carbons (Fsp3) is 0.294. The molecule has 2 rings (SSSR count). The highest BCUT2D eigenvalue weighted by Gasteiger charge is 2.28. The maximum Gasteiger partial charge on any atom is 0.112 e. The van der Waals surface area contributed by atoms with Crippen LogP contribution in [0.15, 0.2) is 30.3 Å². The first kappa shape index (κ1) is 14.4. The van der Waals surface area contributed by atoms with E-state index in [0.29, 0.717) is 5.69 Å². The molecule has 0 aliphatic carbocycles. The third-order valence-corrected chi connectivity index (χ3v) is 4.15. The highest BCUT2D eigenvalue weighted by atomic mass is 16.3. The minimum absolute atomic E-state index is 0.686. The van der Waals surface area contributed by atoms with Crippen molar-refractivity contribution in [3.63, 3.8) is 0 Å². The Kier molecular flexibility index (Phi) is 3.48. The minimum Gasteiger partial charge on any atom is -0.399 e. The molecule has 0 amide bonds. The molecule has 1 atom stereocenters. The molecular weight excluding hydrogens is 248 g/mol. The summed E-state index contributed by atoms with van der Waals surface area (Å²) in [5, 5.41) is 11.0. The van der Waals surface area contributed by atoms with Crippen LogP contribution < -0.4 is 11.5 Å². The van der Waals surface area contributed by atoms with Gasteiger partial charge in [-0.15, -0.1) is 0 Å². The van der Waals surface area contributed by atoms with Crippen LogP contribution in [-0.2, 0) is 5.60 Å². The Bertz CT molecular complexity index is 643. The van der Waals surface area contributed by atoms with Crippen LogP contribution in [0.1, 0.15) is 34.7 Å². The van der Waals surface area contributed by atoms with Gasteiger partial charge in [-0.3, -0.25) is 0 Å². The molecule has 3 nitrogen and oxygen atoms in total. The minimum atomic E-state index is -1.07. The van der Waals surface area contributed by atoms with E-state index in [-0.39, 0.29) is 0 Å². The first-order valence-electron chi connectivity index (χ1n) is 6.70. The number of anilines is 2. The Hall–Kier alpha value is -2.00. The molecule has 0 bridgehead atoms. The van der Waals surface area contributed by atoms with E-state index >= 15 is 0 Å². The molecule has 3 heteroatoms. The van der Waals surface area contributed by atoms with Crippen LogP contribution in [0, 0.1) is 20.8 Å². The van der Waals surface area contributed by atoms with Crippen LogP contribution >= 0.6 is 0 Å². The van der Waals surface area contributed by atoms with Crippen molar-refractivity contribution in [2.75, 3.05) is 11.5 Å². The van der Waals surface area contributed by atoms with Gasteiger partial charge in [0.2, 0.25) is 0 Å². The molecule has 2 aromatic carbocycles. The zero-order valence-corrected chi connectivity index (χ0v) is 12.5. The van der Waals surface area contributed by atoms with Gasteiger partial charge in [-0.2, -0.15) is 0 Å². The van der Waals surface area contributed by atoms with Crippen LogP contribution in [0.2, 0.25) is 0 Å². The molecule has 0 fully saturated rings. The highest BCUT2D eigenvalue weighted by Crippen LogP contribution is 2.35. The molecule has 106 valence electrons. The predicted molar refractivity (Wildman–Crippen MR) is 84.6 cm³/mol. The van der Waals surface area contributed by atoms with Crippen molar-refractivity contribution in [2.45, 2.75) is 33.3 Å². The van der Waals surface area contributed by atoms with Crippen molar-refractivity contribution in [3.8, 4) is 0 Å². The van der Waals surface area contributed by atoms with Gasteiger partial charge in [0, 0.05) is 11.4 Å². The number of aryl methyl sites for hydroxylation is 1. The summed E-state index contributed by atoms with van der Waals surface area (Å²) in [6, 6.07) is 9.28. The van der Waals surface area contributed by atoms with Crippen LogP contribution in [0.4, 0.5) is 11.4 Å². The molecule has 20 heavy (non-hydrogen) atoms. The van der Waals surface area contributed by atoms with Crippen LogP contribution in [0.25, 0.3) is 0 Å². The Morgan fingerprint density at radius 1 is 0.950 bits per heavy atom. The second-order valence-electron chi connectivity index (χ2n) is 5.60. The number of rotatable bonds is 2. The van der Waals surface area contributed by atoms with E-state index in [9.17, 15) is 5.11 Å². The molecule has 0 aliphatic heterocycles. The number of aliphatic hydroxyl groups is 1. The Balaban J connectivity index is 2.63. The van der Waals surface area contributed by atoms with Crippen molar-refractivity contribution < 1.29 is 5.11 Å². The summed E-state index contributed by atoms with van der Waals surface area (Å²) in [6.45, 7) is 7.74. The molecular formula is C17H22N2O. The van der Waals surface area contributed by atoms with Crippen molar-refractivity contribution in [1.29, 1.82) is 0 Å². The summed E-state index contributed by atoms with van der Waals surface area (Å²) in [5.41, 5.74) is 16.9. The van der Waals surface area contributed by atoms with Gasteiger partial charge in [0.25, 0.3) is 0 Å². The molecule has 0 radical (unpaired) electrons. The lowest BCUT2D eigenvalue weighted by molar-refractivity contribution is 0.101. The highest BCUT2D eigenvalue weighted by molar-refractivity contribution is 5.60. The number of nitrogen functional groups attached to an aromatic ring is 2. The quantitative estimate of drug-likeness (QED) is 0.734. The molecule has 0 aliphatic rings. The van der Waals surface area contributed by atoms with E-state index in [1.807, 2.05) is 39.0 Å². The van der Waals surface area contributed by atoms with Gasteiger partial charge in [0.1, 0.15) is 5.60 Å². The van der Waals surface area contributed by atoms with Gasteiger partial charge in [0.15, 0.2) is 0 Å². The standard InChI is InChI=1S/C17H22N2O/c1-10-9-15(11(2)12(3)16(10)19)17(4,20)13-5-7-14(18)8-6-13/h5-9,20H,18-19H2,1-4H3.